The molecule has 0 aromatic carbocycles. The minimum atomic E-state index is 0.0183. The summed E-state index contributed by atoms with van der Waals surface area (Å²) in [5, 5.41) is 15.2. The van der Waals surface area contributed by atoms with E-state index in [1.165, 1.54) is 30.8 Å². The van der Waals surface area contributed by atoms with Gasteiger partial charge < -0.3 is 10.5 Å². The Hall–Kier alpha value is -1.23. The third kappa shape index (κ3) is 3.88. The molecule has 1 aliphatic carbocycles. The number of carbonyl (C=O) groups is 1. The van der Waals surface area contributed by atoms with Crippen molar-refractivity contribution in [3.05, 3.63) is 29.6 Å². The summed E-state index contributed by atoms with van der Waals surface area (Å²) in [7, 11) is 0. The minimum Gasteiger partial charge on any atom is -0.618 e. The number of aromatic nitrogens is 1. The summed E-state index contributed by atoms with van der Waals surface area (Å²) in [5.74, 6) is 1.51. The van der Waals surface area contributed by atoms with Crippen molar-refractivity contribution in [1.82, 2.24) is 5.32 Å². The normalized spacial score (nSPS) is 26.2. The van der Waals surface area contributed by atoms with Gasteiger partial charge in [-0.05, 0) is 36.1 Å². The van der Waals surface area contributed by atoms with Gasteiger partial charge in [0.1, 0.15) is 0 Å². The molecular weight excluding hydrogens is 272 g/mol. The molecule has 0 radical (unpaired) electrons. The molecule has 1 heterocycles. The lowest BCUT2D eigenvalue weighted by atomic mass is 9.78. The van der Waals surface area contributed by atoms with Crippen molar-refractivity contribution >= 4 is 17.7 Å². The highest BCUT2D eigenvalue weighted by atomic mass is 32.2. The van der Waals surface area contributed by atoms with Crippen LogP contribution >= 0.6 is 11.8 Å². The number of rotatable bonds is 4. The first-order valence-electron chi connectivity index (χ1n) is 7.18. The lowest BCUT2D eigenvalue weighted by Crippen LogP contribution is -2.44. The summed E-state index contributed by atoms with van der Waals surface area (Å²) >= 11 is 1.28. The van der Waals surface area contributed by atoms with Gasteiger partial charge in [0.2, 0.25) is 5.91 Å². The molecule has 3 atom stereocenters. The number of nitrogens with zero attached hydrogens (tertiary/aromatic N) is 1. The summed E-state index contributed by atoms with van der Waals surface area (Å²) in [6.07, 6.45) is 4.95. The molecule has 0 bridgehead atoms. The van der Waals surface area contributed by atoms with E-state index in [1.807, 2.05) is 0 Å². The van der Waals surface area contributed by atoms with Crippen LogP contribution in [0.3, 0.4) is 0 Å². The zero-order valence-electron chi connectivity index (χ0n) is 12.0. The summed E-state index contributed by atoms with van der Waals surface area (Å²) in [5.41, 5.74) is 0. The number of hydrogen-bond donors (Lipinski definition) is 1. The maximum absolute atomic E-state index is 12.0. The largest absolute Gasteiger partial charge is 0.618 e. The maximum atomic E-state index is 12.0. The fourth-order valence-corrected chi connectivity index (χ4v) is 3.42. The topological polar surface area (TPSA) is 56.0 Å². The zero-order chi connectivity index (χ0) is 14.5. The molecular formula is C15H22N2O2S. The average Bonchev–Trinajstić information content (AvgIpc) is 2.43. The SMILES string of the molecule is C[C@H]1[C@H](C)CCC[C@@H]1NC(=O)CSc1cccc[n+]1[O-]. The molecule has 0 aliphatic heterocycles. The van der Waals surface area contributed by atoms with E-state index in [1.54, 1.807) is 18.2 Å². The van der Waals surface area contributed by atoms with Crippen LogP contribution in [0.5, 0.6) is 0 Å². The minimum absolute atomic E-state index is 0.0183. The summed E-state index contributed by atoms with van der Waals surface area (Å²) in [6.45, 7) is 4.47. The van der Waals surface area contributed by atoms with Gasteiger partial charge in [-0.3, -0.25) is 4.79 Å². The number of pyridine rings is 1. The summed E-state index contributed by atoms with van der Waals surface area (Å²) < 4.78 is 0.795. The smallest absolute Gasteiger partial charge is 0.251 e. The lowest BCUT2D eigenvalue weighted by Gasteiger charge is -2.34. The van der Waals surface area contributed by atoms with Gasteiger partial charge in [-0.1, -0.05) is 26.7 Å². The molecule has 1 fully saturated rings. The highest BCUT2D eigenvalue weighted by Crippen LogP contribution is 2.29. The van der Waals surface area contributed by atoms with E-state index in [4.69, 9.17) is 0 Å². The number of carbonyl (C=O) groups excluding carboxylic acids is 1. The molecule has 1 N–H and O–H groups in total. The molecule has 1 aromatic heterocycles. The quantitative estimate of drug-likeness (QED) is 0.527. The van der Waals surface area contributed by atoms with Crippen molar-refractivity contribution in [2.45, 2.75) is 44.2 Å². The van der Waals surface area contributed by atoms with E-state index in [2.05, 4.69) is 19.2 Å². The van der Waals surface area contributed by atoms with E-state index in [-0.39, 0.29) is 11.9 Å². The third-order valence-electron chi connectivity index (χ3n) is 4.19. The Bertz CT molecular complexity index is 467. The van der Waals surface area contributed by atoms with Crippen LogP contribution in [0.4, 0.5) is 0 Å². The second-order valence-corrected chi connectivity index (χ2v) is 6.59. The van der Waals surface area contributed by atoms with Gasteiger partial charge in [-0.2, -0.15) is 4.73 Å². The van der Waals surface area contributed by atoms with Gasteiger partial charge in [-0.25, -0.2) is 0 Å². The molecule has 20 heavy (non-hydrogen) atoms. The molecule has 1 aliphatic rings. The van der Waals surface area contributed by atoms with Crippen molar-refractivity contribution in [1.29, 1.82) is 0 Å². The molecule has 4 nitrogen and oxygen atoms in total. The van der Waals surface area contributed by atoms with Gasteiger partial charge in [-0.15, -0.1) is 0 Å². The zero-order valence-corrected chi connectivity index (χ0v) is 12.9. The number of thioether (sulfide) groups is 1. The standard InChI is InChI=1S/C15H22N2O2S/c1-11-6-5-7-13(12(11)2)16-14(18)10-20-15-8-3-4-9-17(15)19/h3-4,8-9,11-13H,5-7,10H2,1-2H3,(H,16,18)/t11-,12+,13+/m1/s1. The maximum Gasteiger partial charge on any atom is 0.251 e. The Morgan fingerprint density at radius 3 is 3.00 bits per heavy atom. The molecule has 5 heteroatoms. The number of amides is 1. The van der Waals surface area contributed by atoms with Crippen molar-refractivity contribution in [3.63, 3.8) is 0 Å². The Morgan fingerprint density at radius 2 is 2.25 bits per heavy atom. The highest BCUT2D eigenvalue weighted by molar-refractivity contribution is 7.99. The lowest BCUT2D eigenvalue weighted by molar-refractivity contribution is -0.645. The van der Waals surface area contributed by atoms with E-state index in [0.29, 0.717) is 22.6 Å². The fraction of sp³-hybridized carbons (Fsp3) is 0.600. The summed E-state index contributed by atoms with van der Waals surface area (Å²) in [6, 6.07) is 5.50. The van der Waals surface area contributed by atoms with Crippen molar-refractivity contribution in [2.24, 2.45) is 11.8 Å². The van der Waals surface area contributed by atoms with Gasteiger partial charge in [0, 0.05) is 18.2 Å². The van der Waals surface area contributed by atoms with Crippen LogP contribution in [0.15, 0.2) is 29.4 Å². The van der Waals surface area contributed by atoms with Crippen LogP contribution in [-0.2, 0) is 4.79 Å². The molecule has 0 saturated heterocycles. The van der Waals surface area contributed by atoms with Crippen molar-refractivity contribution < 1.29 is 9.52 Å². The van der Waals surface area contributed by atoms with Gasteiger partial charge in [0.25, 0.3) is 5.03 Å². The predicted octanol–water partition coefficient (Wildman–Crippen LogP) is 2.35. The van der Waals surface area contributed by atoms with Crippen LogP contribution in [0.2, 0.25) is 0 Å². The average molecular weight is 294 g/mol. The Kier molecular flexibility index (Phi) is 5.29. The molecule has 0 unspecified atom stereocenters. The Balaban J connectivity index is 1.82. The predicted molar refractivity (Wildman–Crippen MR) is 80.2 cm³/mol. The Morgan fingerprint density at radius 1 is 1.45 bits per heavy atom. The van der Waals surface area contributed by atoms with Gasteiger partial charge >= 0.3 is 0 Å². The molecule has 2 rings (SSSR count). The van der Waals surface area contributed by atoms with E-state index >= 15 is 0 Å². The molecule has 0 spiro atoms. The molecule has 1 amide bonds. The highest BCUT2D eigenvalue weighted by Gasteiger charge is 2.28. The second kappa shape index (κ2) is 6.97. The fourth-order valence-electron chi connectivity index (χ4n) is 2.70. The van der Waals surface area contributed by atoms with E-state index < -0.39 is 0 Å². The van der Waals surface area contributed by atoms with Crippen LogP contribution < -0.4 is 10.0 Å². The van der Waals surface area contributed by atoms with Crippen molar-refractivity contribution in [3.8, 4) is 0 Å². The van der Waals surface area contributed by atoms with Crippen molar-refractivity contribution in [2.75, 3.05) is 5.75 Å². The second-order valence-electron chi connectivity index (χ2n) is 5.59. The number of hydrogen-bond acceptors (Lipinski definition) is 3. The van der Waals surface area contributed by atoms with E-state index in [0.717, 1.165) is 11.2 Å². The molecule has 110 valence electrons. The Labute approximate surface area is 124 Å². The third-order valence-corrected chi connectivity index (χ3v) is 5.21. The summed E-state index contributed by atoms with van der Waals surface area (Å²) in [4.78, 5) is 12.0. The van der Waals surface area contributed by atoms with Crippen LogP contribution in [-0.4, -0.2) is 17.7 Å². The molecule has 1 aromatic rings. The number of nitrogens with one attached hydrogen (secondary N) is 1. The van der Waals surface area contributed by atoms with Crippen LogP contribution in [0, 0.1) is 17.0 Å². The van der Waals surface area contributed by atoms with Crippen LogP contribution in [0.25, 0.3) is 0 Å². The first kappa shape index (κ1) is 15.2. The van der Waals surface area contributed by atoms with Crippen LogP contribution in [0.1, 0.15) is 33.1 Å². The first-order valence-corrected chi connectivity index (χ1v) is 8.17. The molecule has 1 saturated carbocycles. The van der Waals surface area contributed by atoms with E-state index in [9.17, 15) is 10.0 Å². The first-order chi connectivity index (χ1) is 9.58. The van der Waals surface area contributed by atoms with Gasteiger partial charge in [0.15, 0.2) is 6.20 Å². The van der Waals surface area contributed by atoms with Gasteiger partial charge in [0.05, 0.1) is 5.75 Å². The monoisotopic (exact) mass is 294 g/mol.